The van der Waals surface area contributed by atoms with E-state index in [2.05, 4.69) is 25.6 Å². The summed E-state index contributed by atoms with van der Waals surface area (Å²) >= 11 is 0. The number of carbonyl (C=O) groups excluding carboxylic acids is 1. The van der Waals surface area contributed by atoms with Gasteiger partial charge in [0.15, 0.2) is 5.69 Å². The molecule has 4 aromatic heterocycles. The van der Waals surface area contributed by atoms with Crippen LogP contribution in [0.2, 0.25) is 0 Å². The van der Waals surface area contributed by atoms with Gasteiger partial charge in [-0.25, -0.2) is 15.0 Å². The van der Waals surface area contributed by atoms with Crippen molar-refractivity contribution in [2.24, 2.45) is 0 Å². The molecule has 11 heteroatoms. The van der Waals surface area contributed by atoms with Gasteiger partial charge in [0, 0.05) is 30.7 Å². The number of halogens is 3. The van der Waals surface area contributed by atoms with Crippen LogP contribution in [0, 0.1) is 0 Å². The van der Waals surface area contributed by atoms with Crippen LogP contribution in [0.15, 0.2) is 49.1 Å². The van der Waals surface area contributed by atoms with Crippen LogP contribution in [0.1, 0.15) is 55.7 Å². The minimum absolute atomic E-state index is 0.0173. The Kier molecular flexibility index (Phi) is 6.71. The fraction of sp³-hybridized carbons (Fsp3) is 0.391. The van der Waals surface area contributed by atoms with E-state index in [0.717, 1.165) is 31.9 Å². The largest absolute Gasteiger partial charge is 0.434 e. The third-order valence-electron chi connectivity index (χ3n) is 5.72. The van der Waals surface area contributed by atoms with Gasteiger partial charge in [0.25, 0.3) is 5.91 Å². The third-order valence-corrected chi connectivity index (χ3v) is 5.72. The minimum Gasteiger partial charge on any atom is -0.368 e. The van der Waals surface area contributed by atoms with Crippen molar-refractivity contribution in [2.75, 3.05) is 5.32 Å². The lowest BCUT2D eigenvalue weighted by atomic mass is 9.91. The van der Waals surface area contributed by atoms with E-state index in [4.69, 9.17) is 0 Å². The molecule has 4 heterocycles. The molecular weight excluding hydrogens is 447 g/mol. The lowest BCUT2D eigenvalue weighted by Gasteiger charge is -2.30. The Balaban J connectivity index is 0.00000133. The van der Waals surface area contributed by atoms with Gasteiger partial charge in [-0.1, -0.05) is 19.9 Å². The molecule has 1 aliphatic carbocycles. The second kappa shape index (κ2) is 9.70. The molecule has 2 N–H and O–H groups in total. The maximum Gasteiger partial charge on any atom is 0.434 e. The van der Waals surface area contributed by atoms with Crippen LogP contribution in [0.3, 0.4) is 0 Å². The summed E-state index contributed by atoms with van der Waals surface area (Å²) in [4.78, 5) is 24.6. The number of alkyl halides is 3. The third kappa shape index (κ3) is 4.82. The van der Waals surface area contributed by atoms with Crippen LogP contribution in [-0.4, -0.2) is 41.7 Å². The summed E-state index contributed by atoms with van der Waals surface area (Å²) in [5.74, 6) is 0.828. The van der Waals surface area contributed by atoms with Gasteiger partial charge >= 0.3 is 6.18 Å². The van der Waals surface area contributed by atoms with Crippen molar-refractivity contribution in [3.63, 3.8) is 0 Å². The number of fused-ring (bicyclic) bond motifs is 2. The second-order valence-corrected chi connectivity index (χ2v) is 7.86. The van der Waals surface area contributed by atoms with Gasteiger partial charge in [-0.3, -0.25) is 13.6 Å². The van der Waals surface area contributed by atoms with Crippen LogP contribution >= 0.6 is 0 Å². The maximum absolute atomic E-state index is 13.0. The van der Waals surface area contributed by atoms with Crippen LogP contribution < -0.4 is 10.6 Å². The summed E-state index contributed by atoms with van der Waals surface area (Å²) in [6, 6.07) is 6.81. The van der Waals surface area contributed by atoms with Crippen LogP contribution in [0.5, 0.6) is 0 Å². The minimum atomic E-state index is -4.49. The molecule has 1 aliphatic rings. The molecule has 0 aromatic carbocycles. The molecule has 0 unspecified atom stereocenters. The first kappa shape index (κ1) is 23.5. The topological polar surface area (TPSA) is 88.6 Å². The molecule has 5 rings (SSSR count). The lowest BCUT2D eigenvalue weighted by molar-refractivity contribution is -0.140. The number of amides is 1. The average Bonchev–Trinajstić information content (AvgIpc) is 3.47. The monoisotopic (exact) mass is 473 g/mol. The number of rotatable bonds is 4. The second-order valence-electron chi connectivity index (χ2n) is 7.86. The van der Waals surface area contributed by atoms with E-state index in [-0.39, 0.29) is 23.6 Å². The number of aromatic nitrogens is 5. The number of pyridine rings is 1. The molecular formula is C23H26F3N7O. The normalized spacial score (nSPS) is 18.4. The Bertz CT molecular complexity index is 1270. The van der Waals surface area contributed by atoms with E-state index < -0.39 is 11.9 Å². The molecule has 0 spiro atoms. The number of anilines is 1. The number of imidazole rings is 2. The summed E-state index contributed by atoms with van der Waals surface area (Å²) in [5.41, 5.74) is -0.243. The Hall–Kier alpha value is -3.63. The van der Waals surface area contributed by atoms with E-state index in [1.54, 1.807) is 41.1 Å². The standard InChI is InChI=1S/C21H20F3N7O.C2H6/c22-21(23,24)16-12-31-17(3-1-4-18(31)29-16)27-13-5-7-14(8-6-13)28-19(32)15-11-26-20-25-9-2-10-30(15)20;1-2/h1-4,9-14,27H,5-8H2,(H,28,32);1-2H3. The van der Waals surface area contributed by atoms with Crippen molar-refractivity contribution in [1.82, 2.24) is 29.1 Å². The van der Waals surface area contributed by atoms with Crippen molar-refractivity contribution >= 4 is 23.1 Å². The molecule has 4 aromatic rings. The maximum atomic E-state index is 13.0. The number of carbonyl (C=O) groups is 1. The van der Waals surface area contributed by atoms with Gasteiger partial charge in [-0.05, 0) is 43.9 Å². The van der Waals surface area contributed by atoms with Gasteiger partial charge in [0.2, 0.25) is 5.78 Å². The average molecular weight is 474 g/mol. The Morgan fingerprint density at radius 1 is 1.03 bits per heavy atom. The first-order valence-electron chi connectivity index (χ1n) is 11.3. The molecule has 0 radical (unpaired) electrons. The van der Waals surface area contributed by atoms with Crippen LogP contribution in [-0.2, 0) is 6.18 Å². The van der Waals surface area contributed by atoms with Crippen molar-refractivity contribution in [3.05, 3.63) is 60.4 Å². The molecule has 34 heavy (non-hydrogen) atoms. The van der Waals surface area contributed by atoms with Crippen molar-refractivity contribution in [1.29, 1.82) is 0 Å². The fourth-order valence-electron chi connectivity index (χ4n) is 4.11. The molecule has 0 bridgehead atoms. The molecule has 0 atom stereocenters. The smallest absolute Gasteiger partial charge is 0.368 e. The zero-order chi connectivity index (χ0) is 24.3. The quantitative estimate of drug-likeness (QED) is 0.453. The number of hydrogen-bond acceptors (Lipinski definition) is 5. The van der Waals surface area contributed by atoms with E-state index in [1.807, 2.05) is 13.8 Å². The van der Waals surface area contributed by atoms with Gasteiger partial charge in [-0.2, -0.15) is 13.2 Å². The highest BCUT2D eigenvalue weighted by Crippen LogP contribution is 2.30. The lowest BCUT2D eigenvalue weighted by Crippen LogP contribution is -2.40. The van der Waals surface area contributed by atoms with Gasteiger partial charge in [0.05, 0.1) is 6.20 Å². The molecule has 0 saturated heterocycles. The summed E-state index contributed by atoms with van der Waals surface area (Å²) < 4.78 is 42.1. The van der Waals surface area contributed by atoms with Crippen LogP contribution in [0.25, 0.3) is 11.4 Å². The van der Waals surface area contributed by atoms with Crippen molar-refractivity contribution < 1.29 is 18.0 Å². The van der Waals surface area contributed by atoms with Crippen molar-refractivity contribution in [2.45, 2.75) is 57.8 Å². The Labute approximate surface area is 194 Å². The van der Waals surface area contributed by atoms with Gasteiger partial charge in [-0.15, -0.1) is 0 Å². The van der Waals surface area contributed by atoms with Crippen molar-refractivity contribution in [3.8, 4) is 0 Å². The van der Waals surface area contributed by atoms with Gasteiger partial charge in [0.1, 0.15) is 17.2 Å². The number of nitrogens with one attached hydrogen (secondary N) is 2. The molecule has 8 nitrogen and oxygen atoms in total. The zero-order valence-corrected chi connectivity index (χ0v) is 18.9. The number of hydrogen-bond donors (Lipinski definition) is 2. The first-order valence-corrected chi connectivity index (χ1v) is 11.3. The first-order chi connectivity index (χ1) is 16.4. The summed E-state index contributed by atoms with van der Waals surface area (Å²) in [5, 5.41) is 6.39. The van der Waals surface area contributed by atoms with E-state index in [1.165, 1.54) is 10.6 Å². The summed E-state index contributed by atoms with van der Waals surface area (Å²) in [6.45, 7) is 4.00. The summed E-state index contributed by atoms with van der Waals surface area (Å²) in [7, 11) is 0. The van der Waals surface area contributed by atoms with E-state index in [9.17, 15) is 18.0 Å². The molecule has 180 valence electrons. The predicted octanol–water partition coefficient (Wildman–Crippen LogP) is 4.58. The highest BCUT2D eigenvalue weighted by Gasteiger charge is 2.34. The SMILES string of the molecule is CC.O=C(NC1CCC(Nc2cccc3nc(C(F)(F)F)cn23)CC1)c1cnc2ncccn12. The molecule has 0 aliphatic heterocycles. The predicted molar refractivity (Wildman–Crippen MR) is 122 cm³/mol. The van der Waals surface area contributed by atoms with Gasteiger partial charge < -0.3 is 10.6 Å². The molecule has 1 saturated carbocycles. The zero-order valence-electron chi connectivity index (χ0n) is 18.9. The highest BCUT2D eigenvalue weighted by atomic mass is 19.4. The highest BCUT2D eigenvalue weighted by molar-refractivity contribution is 5.93. The van der Waals surface area contributed by atoms with Crippen LogP contribution in [0.4, 0.5) is 19.0 Å². The van der Waals surface area contributed by atoms with E-state index in [0.29, 0.717) is 17.3 Å². The Morgan fingerprint density at radius 2 is 1.76 bits per heavy atom. The number of nitrogens with zero attached hydrogens (tertiary/aromatic N) is 5. The van der Waals surface area contributed by atoms with E-state index >= 15 is 0 Å². The fourth-order valence-corrected chi connectivity index (χ4v) is 4.11. The summed E-state index contributed by atoms with van der Waals surface area (Å²) in [6.07, 6.45) is 4.45. The molecule has 1 fully saturated rings. The Morgan fingerprint density at radius 3 is 2.50 bits per heavy atom. The molecule has 1 amide bonds.